The van der Waals surface area contributed by atoms with Crippen LogP contribution in [0.1, 0.15) is 44.9 Å². The van der Waals surface area contributed by atoms with Crippen molar-refractivity contribution in [3.8, 4) is 5.75 Å². The second kappa shape index (κ2) is 5.88. The Morgan fingerprint density at radius 3 is 2.71 bits per heavy atom. The van der Waals surface area contributed by atoms with E-state index in [1.165, 1.54) is 37.6 Å². The van der Waals surface area contributed by atoms with Gasteiger partial charge in [0, 0.05) is 23.9 Å². The van der Waals surface area contributed by atoms with Gasteiger partial charge < -0.3 is 9.30 Å². The van der Waals surface area contributed by atoms with Gasteiger partial charge in [-0.2, -0.15) is 0 Å². The molecule has 4 heteroatoms. The van der Waals surface area contributed by atoms with E-state index in [0.717, 1.165) is 23.5 Å². The van der Waals surface area contributed by atoms with E-state index in [1.54, 1.807) is 7.11 Å². The SMILES string of the molecule is COc1ccc2c(c1)nc(CCCl)n2C1(C)CCCCC1. The molecule has 0 saturated heterocycles. The number of halogens is 1. The maximum atomic E-state index is 6.00. The van der Waals surface area contributed by atoms with Crippen molar-refractivity contribution in [1.29, 1.82) is 0 Å². The molecule has 2 aromatic rings. The van der Waals surface area contributed by atoms with Crippen LogP contribution in [0.25, 0.3) is 11.0 Å². The normalized spacial score (nSPS) is 18.0. The lowest BCUT2D eigenvalue weighted by atomic mass is 9.82. The van der Waals surface area contributed by atoms with Crippen molar-refractivity contribution in [2.75, 3.05) is 13.0 Å². The fourth-order valence-electron chi connectivity index (χ4n) is 3.63. The quantitative estimate of drug-likeness (QED) is 0.777. The summed E-state index contributed by atoms with van der Waals surface area (Å²) in [6.45, 7) is 2.37. The van der Waals surface area contributed by atoms with Crippen molar-refractivity contribution in [1.82, 2.24) is 9.55 Å². The molecule has 1 aliphatic rings. The van der Waals surface area contributed by atoms with Crippen LogP contribution in [0.2, 0.25) is 0 Å². The molecule has 0 atom stereocenters. The van der Waals surface area contributed by atoms with Crippen molar-refractivity contribution in [3.63, 3.8) is 0 Å². The third-order valence-corrected chi connectivity index (χ3v) is 4.91. The molecule has 0 spiro atoms. The lowest BCUT2D eigenvalue weighted by Gasteiger charge is -2.37. The van der Waals surface area contributed by atoms with E-state index in [-0.39, 0.29) is 5.54 Å². The highest BCUT2D eigenvalue weighted by Gasteiger charge is 2.32. The molecule has 3 nitrogen and oxygen atoms in total. The molecule has 0 aliphatic heterocycles. The number of aromatic nitrogens is 2. The highest BCUT2D eigenvalue weighted by molar-refractivity contribution is 6.17. The number of hydrogen-bond acceptors (Lipinski definition) is 2. The first kappa shape index (κ1) is 14.7. The molecule has 21 heavy (non-hydrogen) atoms. The Kier molecular flexibility index (Phi) is 4.12. The minimum Gasteiger partial charge on any atom is -0.497 e. The third-order valence-electron chi connectivity index (χ3n) is 4.72. The lowest BCUT2D eigenvalue weighted by molar-refractivity contribution is 0.219. The van der Waals surface area contributed by atoms with E-state index in [9.17, 15) is 0 Å². The molecule has 1 heterocycles. The fraction of sp³-hybridized carbons (Fsp3) is 0.588. The van der Waals surface area contributed by atoms with Crippen LogP contribution in [-0.2, 0) is 12.0 Å². The fourth-order valence-corrected chi connectivity index (χ4v) is 3.80. The summed E-state index contributed by atoms with van der Waals surface area (Å²) in [6.07, 6.45) is 7.20. The molecule has 0 unspecified atom stereocenters. The van der Waals surface area contributed by atoms with Gasteiger partial charge in [-0.05, 0) is 31.9 Å². The number of imidazole rings is 1. The zero-order valence-electron chi connectivity index (χ0n) is 12.9. The van der Waals surface area contributed by atoms with E-state index in [0.29, 0.717) is 5.88 Å². The van der Waals surface area contributed by atoms with Gasteiger partial charge in [-0.25, -0.2) is 4.98 Å². The zero-order valence-corrected chi connectivity index (χ0v) is 13.6. The van der Waals surface area contributed by atoms with Crippen molar-refractivity contribution >= 4 is 22.6 Å². The molecular weight excluding hydrogens is 284 g/mol. The third kappa shape index (κ3) is 2.64. The monoisotopic (exact) mass is 306 g/mol. The Morgan fingerprint density at radius 1 is 1.29 bits per heavy atom. The number of rotatable bonds is 4. The summed E-state index contributed by atoms with van der Waals surface area (Å²) in [5, 5.41) is 0. The van der Waals surface area contributed by atoms with Crippen LogP contribution >= 0.6 is 11.6 Å². The molecule has 0 amide bonds. The molecule has 1 fully saturated rings. The van der Waals surface area contributed by atoms with Crippen LogP contribution in [0.3, 0.4) is 0 Å². The number of benzene rings is 1. The number of nitrogens with zero attached hydrogens (tertiary/aromatic N) is 2. The van der Waals surface area contributed by atoms with Gasteiger partial charge in [0.15, 0.2) is 0 Å². The molecule has 0 N–H and O–H groups in total. The molecule has 3 rings (SSSR count). The topological polar surface area (TPSA) is 27.1 Å². The molecule has 1 aliphatic carbocycles. The number of methoxy groups -OCH3 is 1. The Bertz CT molecular complexity index is 629. The van der Waals surface area contributed by atoms with Crippen molar-refractivity contribution in [2.24, 2.45) is 0 Å². The minimum absolute atomic E-state index is 0.170. The predicted octanol–water partition coefficient (Wildman–Crippen LogP) is 4.51. The molecule has 0 radical (unpaired) electrons. The second-order valence-electron chi connectivity index (χ2n) is 6.21. The summed E-state index contributed by atoms with van der Waals surface area (Å²) < 4.78 is 7.77. The molecule has 114 valence electrons. The van der Waals surface area contributed by atoms with Crippen LogP contribution in [-0.4, -0.2) is 22.5 Å². The zero-order chi connectivity index (χ0) is 14.9. The van der Waals surface area contributed by atoms with E-state index < -0.39 is 0 Å². The van der Waals surface area contributed by atoms with E-state index in [1.807, 2.05) is 12.1 Å². The smallest absolute Gasteiger partial charge is 0.121 e. The maximum absolute atomic E-state index is 6.00. The molecule has 1 saturated carbocycles. The predicted molar refractivity (Wildman–Crippen MR) is 87.4 cm³/mol. The highest BCUT2D eigenvalue weighted by atomic mass is 35.5. The Balaban J connectivity index is 2.15. The Hall–Kier alpha value is -1.22. The summed E-state index contributed by atoms with van der Waals surface area (Å²) in [5.41, 5.74) is 2.39. The Morgan fingerprint density at radius 2 is 2.05 bits per heavy atom. The summed E-state index contributed by atoms with van der Waals surface area (Å²) >= 11 is 6.00. The van der Waals surface area contributed by atoms with Crippen LogP contribution in [0, 0.1) is 0 Å². The van der Waals surface area contributed by atoms with E-state index >= 15 is 0 Å². The number of aryl methyl sites for hydroxylation is 1. The van der Waals surface area contributed by atoms with Crippen LogP contribution in [0.15, 0.2) is 18.2 Å². The van der Waals surface area contributed by atoms with Crippen LogP contribution in [0.4, 0.5) is 0 Å². The van der Waals surface area contributed by atoms with E-state index in [2.05, 4.69) is 17.6 Å². The van der Waals surface area contributed by atoms with Crippen molar-refractivity contribution < 1.29 is 4.74 Å². The number of ether oxygens (including phenoxy) is 1. The maximum Gasteiger partial charge on any atom is 0.121 e. The van der Waals surface area contributed by atoms with Gasteiger partial charge in [0.2, 0.25) is 0 Å². The summed E-state index contributed by atoms with van der Waals surface area (Å²) in [5.74, 6) is 2.58. The number of alkyl halides is 1. The van der Waals surface area contributed by atoms with Gasteiger partial charge in [-0.15, -0.1) is 11.6 Å². The Labute approximate surface area is 131 Å². The van der Waals surface area contributed by atoms with Gasteiger partial charge in [0.25, 0.3) is 0 Å². The highest BCUT2D eigenvalue weighted by Crippen LogP contribution is 2.38. The van der Waals surface area contributed by atoms with Gasteiger partial charge in [-0.3, -0.25) is 0 Å². The average molecular weight is 307 g/mol. The van der Waals surface area contributed by atoms with Crippen molar-refractivity contribution in [3.05, 3.63) is 24.0 Å². The lowest BCUT2D eigenvalue weighted by Crippen LogP contribution is -2.33. The van der Waals surface area contributed by atoms with Crippen molar-refractivity contribution in [2.45, 2.75) is 51.0 Å². The minimum atomic E-state index is 0.170. The second-order valence-corrected chi connectivity index (χ2v) is 6.59. The first-order chi connectivity index (χ1) is 10.2. The molecular formula is C17H23ClN2O. The summed E-state index contributed by atoms with van der Waals surface area (Å²) in [6, 6.07) is 6.19. The molecule has 0 bridgehead atoms. The first-order valence-corrected chi connectivity index (χ1v) is 8.33. The summed E-state index contributed by atoms with van der Waals surface area (Å²) in [4.78, 5) is 4.83. The van der Waals surface area contributed by atoms with Gasteiger partial charge >= 0.3 is 0 Å². The standard InChI is InChI=1S/C17H23ClN2O/c1-17(9-4-3-5-10-17)20-15-7-6-13(21-2)12-14(15)19-16(20)8-11-18/h6-7,12H,3-5,8-11H2,1-2H3. The number of hydrogen-bond donors (Lipinski definition) is 0. The number of fused-ring (bicyclic) bond motifs is 1. The first-order valence-electron chi connectivity index (χ1n) is 7.80. The molecule has 1 aromatic heterocycles. The van der Waals surface area contributed by atoms with Crippen LogP contribution < -0.4 is 4.74 Å². The largest absolute Gasteiger partial charge is 0.497 e. The van der Waals surface area contributed by atoms with Gasteiger partial charge in [-0.1, -0.05) is 19.3 Å². The summed E-state index contributed by atoms with van der Waals surface area (Å²) in [7, 11) is 1.69. The average Bonchev–Trinajstić information content (AvgIpc) is 2.86. The van der Waals surface area contributed by atoms with E-state index in [4.69, 9.17) is 21.3 Å². The van der Waals surface area contributed by atoms with Crippen LogP contribution in [0.5, 0.6) is 5.75 Å². The van der Waals surface area contributed by atoms with Gasteiger partial charge in [0.05, 0.1) is 18.1 Å². The molecule has 1 aromatic carbocycles. The van der Waals surface area contributed by atoms with Gasteiger partial charge in [0.1, 0.15) is 11.6 Å².